The van der Waals surface area contributed by atoms with E-state index in [0.29, 0.717) is 26.8 Å². The summed E-state index contributed by atoms with van der Waals surface area (Å²) in [7, 11) is 0. The molecule has 6 heteroatoms. The Labute approximate surface area is 161 Å². The number of phenolic OH excluding ortho intramolecular Hbond substituents is 1. The Balaban J connectivity index is 2.08. The van der Waals surface area contributed by atoms with E-state index in [1.54, 1.807) is 30.3 Å². The van der Waals surface area contributed by atoms with Gasteiger partial charge in [0, 0.05) is 12.5 Å². The van der Waals surface area contributed by atoms with Gasteiger partial charge in [-0.2, -0.15) is 5.26 Å². The average Bonchev–Trinajstić information content (AvgIpc) is 3.03. The molecule has 0 bridgehead atoms. The molecule has 0 saturated heterocycles. The summed E-state index contributed by atoms with van der Waals surface area (Å²) in [4.78, 5) is 16.2. The highest BCUT2D eigenvalue weighted by molar-refractivity contribution is 7.17. The van der Waals surface area contributed by atoms with Crippen LogP contribution in [0.1, 0.15) is 23.1 Å². The lowest BCUT2D eigenvalue weighted by Crippen LogP contribution is -2.05. The van der Waals surface area contributed by atoms with E-state index in [2.05, 4.69) is 16.4 Å². The molecule has 1 amide bonds. The van der Waals surface area contributed by atoms with E-state index in [0.717, 1.165) is 11.1 Å². The molecule has 0 atom stereocenters. The van der Waals surface area contributed by atoms with Crippen molar-refractivity contribution in [3.63, 3.8) is 0 Å². The van der Waals surface area contributed by atoms with Gasteiger partial charge in [-0.3, -0.25) is 4.79 Å². The van der Waals surface area contributed by atoms with Gasteiger partial charge in [-0.1, -0.05) is 53.3 Å². The van der Waals surface area contributed by atoms with E-state index in [4.69, 9.17) is 0 Å². The summed E-state index contributed by atoms with van der Waals surface area (Å²) in [6.07, 6.45) is 1.66. The normalized spacial score (nSPS) is 11.1. The molecule has 5 nitrogen and oxygen atoms in total. The number of phenols is 1. The largest absolute Gasteiger partial charge is 0.508 e. The minimum absolute atomic E-state index is 0.124. The van der Waals surface area contributed by atoms with Crippen molar-refractivity contribution in [2.24, 2.45) is 0 Å². The highest BCUT2D eigenvalue weighted by Gasteiger charge is 2.17. The van der Waals surface area contributed by atoms with Gasteiger partial charge in [-0.15, -0.1) is 0 Å². The standard InChI is InChI=1S/C21H17N3O2S/c1-13-6-8-16(9-7-13)19-21(23-14(2)25)27-20(24-19)17(12-22)10-15-4-3-5-18(26)11-15/h3-11,26H,1-2H3,(H,23,25). The smallest absolute Gasteiger partial charge is 0.221 e. The van der Waals surface area contributed by atoms with Crippen molar-refractivity contribution in [1.29, 1.82) is 5.26 Å². The van der Waals surface area contributed by atoms with Gasteiger partial charge < -0.3 is 10.4 Å². The quantitative estimate of drug-likeness (QED) is 0.639. The number of benzene rings is 2. The first kappa shape index (κ1) is 18.4. The zero-order valence-corrected chi connectivity index (χ0v) is 15.7. The summed E-state index contributed by atoms with van der Waals surface area (Å²) < 4.78 is 0. The summed E-state index contributed by atoms with van der Waals surface area (Å²) >= 11 is 1.25. The number of allylic oxidation sites excluding steroid dienone is 1. The molecule has 3 aromatic rings. The highest BCUT2D eigenvalue weighted by atomic mass is 32.1. The Bertz CT molecular complexity index is 1060. The van der Waals surface area contributed by atoms with Gasteiger partial charge in [0.15, 0.2) is 0 Å². The Kier molecular flexibility index (Phi) is 5.34. The minimum Gasteiger partial charge on any atom is -0.508 e. The lowest BCUT2D eigenvalue weighted by molar-refractivity contribution is -0.114. The molecule has 0 unspecified atom stereocenters. The number of aromatic nitrogens is 1. The maximum atomic E-state index is 11.6. The number of amides is 1. The van der Waals surface area contributed by atoms with E-state index in [1.807, 2.05) is 31.2 Å². The van der Waals surface area contributed by atoms with Crippen molar-refractivity contribution in [3.05, 3.63) is 64.7 Å². The van der Waals surface area contributed by atoms with Gasteiger partial charge in [0.1, 0.15) is 27.5 Å². The van der Waals surface area contributed by atoms with Gasteiger partial charge in [0.05, 0.1) is 5.57 Å². The molecule has 27 heavy (non-hydrogen) atoms. The number of carbonyl (C=O) groups excluding carboxylic acids is 1. The molecule has 0 aliphatic carbocycles. The molecule has 1 aromatic heterocycles. The fourth-order valence-corrected chi connectivity index (χ4v) is 3.51. The van der Waals surface area contributed by atoms with Crippen LogP contribution in [0, 0.1) is 18.3 Å². The molecule has 1 heterocycles. The molecule has 0 fully saturated rings. The number of carbonyl (C=O) groups is 1. The molecule has 0 saturated carbocycles. The van der Waals surface area contributed by atoms with E-state index >= 15 is 0 Å². The third-order valence-corrected chi connectivity index (χ3v) is 4.78. The van der Waals surface area contributed by atoms with Crippen LogP contribution in [-0.4, -0.2) is 16.0 Å². The number of hydrogen-bond acceptors (Lipinski definition) is 5. The summed E-state index contributed by atoms with van der Waals surface area (Å²) in [6.45, 7) is 3.43. The van der Waals surface area contributed by atoms with E-state index in [9.17, 15) is 15.2 Å². The third-order valence-electron chi connectivity index (χ3n) is 3.77. The van der Waals surface area contributed by atoms with Crippen LogP contribution in [0.2, 0.25) is 0 Å². The zero-order valence-electron chi connectivity index (χ0n) is 14.9. The number of aromatic hydroxyl groups is 1. The predicted octanol–water partition coefficient (Wildman–Crippen LogP) is 4.85. The number of rotatable bonds is 4. The second-order valence-electron chi connectivity index (χ2n) is 6.01. The van der Waals surface area contributed by atoms with Gasteiger partial charge in [0.2, 0.25) is 5.91 Å². The van der Waals surface area contributed by atoms with Gasteiger partial charge in [0.25, 0.3) is 0 Å². The topological polar surface area (TPSA) is 86.0 Å². The fourth-order valence-electron chi connectivity index (χ4n) is 2.51. The summed E-state index contributed by atoms with van der Waals surface area (Å²) in [5.74, 6) is -0.0755. The van der Waals surface area contributed by atoms with Crippen molar-refractivity contribution >= 4 is 33.9 Å². The number of anilines is 1. The van der Waals surface area contributed by atoms with Crippen LogP contribution in [0.25, 0.3) is 22.9 Å². The van der Waals surface area contributed by atoms with E-state index < -0.39 is 0 Å². The first-order valence-electron chi connectivity index (χ1n) is 8.23. The van der Waals surface area contributed by atoms with Crippen LogP contribution in [-0.2, 0) is 4.79 Å². The Hall–Kier alpha value is -3.43. The molecule has 0 spiro atoms. The van der Waals surface area contributed by atoms with Crippen molar-refractivity contribution in [2.45, 2.75) is 13.8 Å². The maximum Gasteiger partial charge on any atom is 0.221 e. The predicted molar refractivity (Wildman–Crippen MR) is 108 cm³/mol. The number of nitrogens with zero attached hydrogens (tertiary/aromatic N) is 2. The Morgan fingerprint density at radius 1 is 1.26 bits per heavy atom. The number of thiazole rings is 1. The van der Waals surface area contributed by atoms with Gasteiger partial charge in [-0.25, -0.2) is 4.98 Å². The van der Waals surface area contributed by atoms with Crippen LogP contribution in [0.15, 0.2) is 48.5 Å². The summed E-state index contributed by atoms with van der Waals surface area (Å²) in [5.41, 5.74) is 3.66. The number of aryl methyl sites for hydroxylation is 1. The lowest BCUT2D eigenvalue weighted by atomic mass is 10.1. The number of nitriles is 1. The molecule has 3 rings (SSSR count). The molecule has 0 radical (unpaired) electrons. The van der Waals surface area contributed by atoms with Crippen molar-refractivity contribution in [1.82, 2.24) is 4.98 Å². The molecule has 2 N–H and O–H groups in total. The first-order chi connectivity index (χ1) is 13.0. The van der Waals surface area contributed by atoms with Crippen LogP contribution in [0.5, 0.6) is 5.75 Å². The Morgan fingerprint density at radius 3 is 2.63 bits per heavy atom. The lowest BCUT2D eigenvalue weighted by Gasteiger charge is -2.03. The average molecular weight is 375 g/mol. The van der Waals surface area contributed by atoms with Crippen molar-refractivity contribution < 1.29 is 9.90 Å². The fraction of sp³-hybridized carbons (Fsp3) is 0.0952. The van der Waals surface area contributed by atoms with Crippen molar-refractivity contribution in [2.75, 3.05) is 5.32 Å². The monoisotopic (exact) mass is 375 g/mol. The maximum absolute atomic E-state index is 11.6. The molecular weight excluding hydrogens is 358 g/mol. The van der Waals surface area contributed by atoms with Crippen LogP contribution >= 0.6 is 11.3 Å². The highest BCUT2D eigenvalue weighted by Crippen LogP contribution is 2.36. The summed E-state index contributed by atoms with van der Waals surface area (Å²) in [5, 5.41) is 23.1. The third kappa shape index (κ3) is 4.40. The van der Waals surface area contributed by atoms with Crippen LogP contribution in [0.3, 0.4) is 0 Å². The van der Waals surface area contributed by atoms with Gasteiger partial charge >= 0.3 is 0 Å². The summed E-state index contributed by atoms with van der Waals surface area (Å²) in [6, 6.07) is 16.6. The van der Waals surface area contributed by atoms with E-state index in [1.165, 1.54) is 18.3 Å². The molecule has 0 aliphatic rings. The van der Waals surface area contributed by atoms with Gasteiger partial charge in [-0.05, 0) is 30.7 Å². The second kappa shape index (κ2) is 7.85. The van der Waals surface area contributed by atoms with Crippen molar-refractivity contribution in [3.8, 4) is 23.1 Å². The minimum atomic E-state index is -0.200. The number of hydrogen-bond donors (Lipinski definition) is 2. The van der Waals surface area contributed by atoms with Crippen LogP contribution < -0.4 is 5.32 Å². The first-order valence-corrected chi connectivity index (χ1v) is 9.04. The molecule has 0 aliphatic heterocycles. The van der Waals surface area contributed by atoms with Crippen LogP contribution in [0.4, 0.5) is 5.00 Å². The van der Waals surface area contributed by atoms with E-state index in [-0.39, 0.29) is 11.7 Å². The molecule has 134 valence electrons. The Morgan fingerprint density at radius 2 is 2.00 bits per heavy atom. The molecular formula is C21H17N3O2S. The SMILES string of the molecule is CC(=O)Nc1sc(C(C#N)=Cc2cccc(O)c2)nc1-c1ccc(C)cc1. The molecule has 2 aromatic carbocycles. The zero-order chi connectivity index (χ0) is 19.4. The second-order valence-corrected chi connectivity index (χ2v) is 7.01. The number of nitrogens with one attached hydrogen (secondary N) is 1.